The quantitative estimate of drug-likeness (QED) is 0.656. The molecule has 1 aliphatic rings. The van der Waals surface area contributed by atoms with Crippen molar-refractivity contribution in [3.8, 4) is 0 Å². The van der Waals surface area contributed by atoms with Crippen molar-refractivity contribution in [2.75, 3.05) is 4.72 Å². The van der Waals surface area contributed by atoms with Gasteiger partial charge in [-0.1, -0.05) is 6.08 Å². The van der Waals surface area contributed by atoms with Crippen LogP contribution in [0.4, 0.5) is 5.69 Å². The zero-order chi connectivity index (χ0) is 16.7. The number of hydrogen-bond donors (Lipinski definition) is 2. The Bertz CT molecular complexity index is 945. The van der Waals surface area contributed by atoms with Crippen LogP contribution in [0, 0.1) is 10.1 Å². The fourth-order valence-corrected chi connectivity index (χ4v) is 3.74. The molecule has 0 aliphatic heterocycles. The van der Waals surface area contributed by atoms with Crippen LogP contribution < -0.4 is 4.72 Å². The molecule has 9 heteroatoms. The third kappa shape index (κ3) is 2.59. The maximum absolute atomic E-state index is 12.8. The first-order chi connectivity index (χ1) is 10.8. The molecule has 0 spiro atoms. The maximum atomic E-state index is 12.8. The second-order valence-electron chi connectivity index (χ2n) is 5.45. The number of H-pyrrole nitrogens is 1. The molecular weight excluding hydrogens is 320 g/mol. The van der Waals surface area contributed by atoms with Gasteiger partial charge in [-0.15, -0.1) is 0 Å². The minimum Gasteiger partial charge on any atom is -0.346 e. The molecule has 23 heavy (non-hydrogen) atoms. The fraction of sp³-hybridized carbons (Fsp3) is 0.214. The van der Waals surface area contributed by atoms with Crippen LogP contribution in [0.1, 0.15) is 13.3 Å². The number of anilines is 1. The van der Waals surface area contributed by atoms with Gasteiger partial charge in [-0.2, -0.15) is 0 Å². The van der Waals surface area contributed by atoms with Crippen LogP contribution >= 0.6 is 0 Å². The highest BCUT2D eigenvalue weighted by molar-refractivity contribution is 7.94. The molecule has 1 aliphatic carbocycles. The summed E-state index contributed by atoms with van der Waals surface area (Å²) in [6, 6.07) is 3.26. The molecule has 2 N–H and O–H groups in total. The number of aromatic nitrogens is 2. The van der Waals surface area contributed by atoms with Gasteiger partial charge in [0.05, 0.1) is 10.6 Å². The van der Waals surface area contributed by atoms with E-state index in [1.54, 1.807) is 18.3 Å². The Morgan fingerprint density at radius 1 is 1.43 bits per heavy atom. The lowest BCUT2D eigenvalue weighted by molar-refractivity contribution is -0.419. The monoisotopic (exact) mass is 334 g/mol. The summed E-state index contributed by atoms with van der Waals surface area (Å²) >= 11 is 0. The van der Waals surface area contributed by atoms with E-state index in [0.717, 1.165) is 0 Å². The average Bonchev–Trinajstić information content (AvgIpc) is 2.96. The minimum absolute atomic E-state index is 0.154. The first kappa shape index (κ1) is 15.2. The number of aromatic amines is 1. The Labute approximate surface area is 132 Å². The van der Waals surface area contributed by atoms with Crippen molar-refractivity contribution in [2.45, 2.75) is 18.1 Å². The van der Waals surface area contributed by atoms with Crippen molar-refractivity contribution in [2.24, 2.45) is 0 Å². The molecular formula is C14H14N4O4S. The van der Waals surface area contributed by atoms with E-state index >= 15 is 0 Å². The van der Waals surface area contributed by atoms with Gasteiger partial charge in [-0.25, -0.2) is 13.4 Å². The summed E-state index contributed by atoms with van der Waals surface area (Å²) in [6.07, 6.45) is 7.28. The molecule has 1 atom stereocenters. The van der Waals surface area contributed by atoms with Gasteiger partial charge in [0, 0.05) is 29.9 Å². The summed E-state index contributed by atoms with van der Waals surface area (Å²) in [4.78, 5) is 17.3. The Morgan fingerprint density at radius 3 is 2.96 bits per heavy atom. The first-order valence-corrected chi connectivity index (χ1v) is 8.29. The lowest BCUT2D eigenvalue weighted by atomic mass is 10.0. The molecule has 0 radical (unpaired) electrons. The normalized spacial score (nSPS) is 21.2. The zero-order valence-corrected chi connectivity index (χ0v) is 13.0. The van der Waals surface area contributed by atoms with Crippen molar-refractivity contribution in [1.29, 1.82) is 0 Å². The van der Waals surface area contributed by atoms with Gasteiger partial charge in [-0.05, 0) is 25.5 Å². The highest BCUT2D eigenvalue weighted by atomic mass is 32.2. The van der Waals surface area contributed by atoms with Crippen molar-refractivity contribution >= 4 is 26.7 Å². The highest BCUT2D eigenvalue weighted by Crippen LogP contribution is 2.32. The van der Waals surface area contributed by atoms with Gasteiger partial charge in [0.25, 0.3) is 5.70 Å². The summed E-state index contributed by atoms with van der Waals surface area (Å²) < 4.78 is 26.7. The Balaban J connectivity index is 2.00. The Kier molecular flexibility index (Phi) is 3.44. The van der Waals surface area contributed by atoms with Crippen LogP contribution in [0.25, 0.3) is 11.0 Å². The second-order valence-corrected chi connectivity index (χ2v) is 7.59. The van der Waals surface area contributed by atoms with E-state index in [9.17, 15) is 18.5 Å². The third-order valence-corrected chi connectivity index (χ3v) is 5.80. The molecule has 0 saturated heterocycles. The van der Waals surface area contributed by atoms with Gasteiger partial charge < -0.3 is 4.98 Å². The molecule has 0 fully saturated rings. The number of fused-ring (bicyclic) bond motifs is 1. The fourth-order valence-electron chi connectivity index (χ4n) is 2.45. The smallest absolute Gasteiger partial charge is 0.266 e. The predicted octanol–water partition coefficient (Wildman–Crippen LogP) is 2.18. The summed E-state index contributed by atoms with van der Waals surface area (Å²) in [5.41, 5.74) is 0.703. The molecule has 2 heterocycles. The van der Waals surface area contributed by atoms with E-state index in [4.69, 9.17) is 0 Å². The number of pyridine rings is 1. The number of nitro groups is 1. The van der Waals surface area contributed by atoms with E-state index < -0.39 is 19.7 Å². The molecule has 2 aromatic rings. The number of rotatable bonds is 4. The van der Waals surface area contributed by atoms with E-state index in [1.165, 1.54) is 31.3 Å². The standard InChI is InChI=1S/C14H14N4O4S/c1-14(6-2-3-10(9-14)18(19)20)23(21,22)17-12-5-8-16-13-11(12)4-7-15-13/h2-5,7-9H,6H2,1H3,(H2,15,16,17). The van der Waals surface area contributed by atoms with Crippen molar-refractivity contribution < 1.29 is 13.3 Å². The van der Waals surface area contributed by atoms with E-state index in [0.29, 0.717) is 16.7 Å². The molecule has 3 rings (SSSR count). The van der Waals surface area contributed by atoms with Crippen LogP contribution in [-0.2, 0) is 10.0 Å². The average molecular weight is 334 g/mol. The number of hydrogen-bond acceptors (Lipinski definition) is 5. The number of nitrogens with zero attached hydrogens (tertiary/aromatic N) is 2. The molecule has 8 nitrogen and oxygen atoms in total. The third-order valence-electron chi connectivity index (χ3n) is 3.79. The minimum atomic E-state index is -3.90. The van der Waals surface area contributed by atoms with Crippen LogP contribution in [0.5, 0.6) is 0 Å². The van der Waals surface area contributed by atoms with E-state index in [-0.39, 0.29) is 12.1 Å². The van der Waals surface area contributed by atoms with Crippen LogP contribution in [-0.4, -0.2) is 28.1 Å². The lowest BCUT2D eigenvalue weighted by Crippen LogP contribution is -2.39. The van der Waals surface area contributed by atoms with Crippen molar-refractivity contribution in [3.05, 3.63) is 58.6 Å². The van der Waals surface area contributed by atoms with E-state index in [1.807, 2.05) is 0 Å². The summed E-state index contributed by atoms with van der Waals surface area (Å²) in [6.45, 7) is 1.46. The Morgan fingerprint density at radius 2 is 2.22 bits per heavy atom. The van der Waals surface area contributed by atoms with Crippen LogP contribution in [0.15, 0.2) is 48.5 Å². The highest BCUT2D eigenvalue weighted by Gasteiger charge is 2.40. The lowest BCUT2D eigenvalue weighted by Gasteiger charge is -2.26. The van der Waals surface area contributed by atoms with Gasteiger partial charge in [-0.3, -0.25) is 14.8 Å². The molecule has 120 valence electrons. The molecule has 2 aromatic heterocycles. The zero-order valence-electron chi connectivity index (χ0n) is 12.2. The van der Waals surface area contributed by atoms with E-state index in [2.05, 4.69) is 14.7 Å². The summed E-state index contributed by atoms with van der Waals surface area (Å²) in [5.74, 6) is 0. The van der Waals surface area contributed by atoms with Gasteiger partial charge in [0.15, 0.2) is 0 Å². The predicted molar refractivity (Wildman–Crippen MR) is 85.9 cm³/mol. The summed E-state index contributed by atoms with van der Waals surface area (Å²) in [5, 5.41) is 11.6. The molecule has 1 unspecified atom stereocenters. The number of nitrogens with one attached hydrogen (secondary N) is 2. The van der Waals surface area contributed by atoms with Gasteiger partial charge >= 0.3 is 0 Å². The van der Waals surface area contributed by atoms with Gasteiger partial charge in [0.2, 0.25) is 10.0 Å². The van der Waals surface area contributed by atoms with Crippen LogP contribution in [0.2, 0.25) is 0 Å². The van der Waals surface area contributed by atoms with Crippen molar-refractivity contribution in [1.82, 2.24) is 9.97 Å². The first-order valence-electron chi connectivity index (χ1n) is 6.81. The molecule has 0 aromatic carbocycles. The SMILES string of the molecule is CC1(S(=O)(=O)Nc2ccnc3[nH]ccc23)C=C([N+](=O)[O-])C=CC1. The van der Waals surface area contributed by atoms with Gasteiger partial charge in [0.1, 0.15) is 10.4 Å². The maximum Gasteiger partial charge on any atom is 0.266 e. The number of sulfonamides is 1. The largest absolute Gasteiger partial charge is 0.346 e. The summed E-state index contributed by atoms with van der Waals surface area (Å²) in [7, 11) is -3.90. The second kappa shape index (κ2) is 5.20. The Hall–Kier alpha value is -2.68. The van der Waals surface area contributed by atoms with Crippen LogP contribution in [0.3, 0.4) is 0 Å². The topological polar surface area (TPSA) is 118 Å². The van der Waals surface area contributed by atoms with Crippen molar-refractivity contribution in [3.63, 3.8) is 0 Å². The molecule has 0 amide bonds. The number of allylic oxidation sites excluding steroid dienone is 2. The molecule has 0 saturated carbocycles. The molecule has 0 bridgehead atoms.